The smallest absolute Gasteiger partial charge is 0.123 e. The van der Waals surface area contributed by atoms with E-state index in [1.807, 2.05) is 30.3 Å². The van der Waals surface area contributed by atoms with Crippen LogP contribution in [-0.4, -0.2) is 4.98 Å². The van der Waals surface area contributed by atoms with Crippen LogP contribution in [0, 0.1) is 5.82 Å². The van der Waals surface area contributed by atoms with Gasteiger partial charge in [-0.05, 0) is 35.2 Å². The number of nitrogens with two attached hydrogens (primary N) is 1. The van der Waals surface area contributed by atoms with E-state index in [-0.39, 0.29) is 5.82 Å². The second kappa shape index (κ2) is 5.77. The van der Waals surface area contributed by atoms with Crippen molar-refractivity contribution in [1.82, 2.24) is 10.4 Å². The number of fused-ring (bicyclic) bond motifs is 1. The molecule has 2 aromatic carbocycles. The van der Waals surface area contributed by atoms with E-state index < -0.39 is 6.04 Å². The van der Waals surface area contributed by atoms with Crippen LogP contribution in [0.25, 0.3) is 10.8 Å². The monoisotopic (exact) mass is 301 g/mol. The SMILES string of the molecule is NNC(c1cc(F)ccc1Cl)c1nccc2ccccc12. The predicted octanol–water partition coefficient (Wildman–Crippen LogP) is 3.58. The number of aromatic nitrogens is 1. The highest BCUT2D eigenvalue weighted by molar-refractivity contribution is 6.31. The Morgan fingerprint density at radius 3 is 2.76 bits per heavy atom. The lowest BCUT2D eigenvalue weighted by Crippen LogP contribution is -2.30. The maximum atomic E-state index is 13.5. The normalized spacial score (nSPS) is 12.5. The predicted molar refractivity (Wildman–Crippen MR) is 82.3 cm³/mol. The summed E-state index contributed by atoms with van der Waals surface area (Å²) in [6.45, 7) is 0. The third kappa shape index (κ3) is 2.61. The highest BCUT2D eigenvalue weighted by atomic mass is 35.5. The van der Waals surface area contributed by atoms with Gasteiger partial charge < -0.3 is 0 Å². The van der Waals surface area contributed by atoms with Crippen LogP contribution in [0.3, 0.4) is 0 Å². The molecule has 3 aromatic rings. The molecular formula is C16H13ClFN3. The van der Waals surface area contributed by atoms with Gasteiger partial charge in [-0.2, -0.15) is 0 Å². The van der Waals surface area contributed by atoms with E-state index >= 15 is 0 Å². The number of halogens is 2. The Morgan fingerprint density at radius 1 is 1.14 bits per heavy atom. The van der Waals surface area contributed by atoms with Crippen molar-refractivity contribution in [1.29, 1.82) is 0 Å². The van der Waals surface area contributed by atoms with E-state index in [2.05, 4.69) is 10.4 Å². The van der Waals surface area contributed by atoms with Gasteiger partial charge in [-0.25, -0.2) is 9.82 Å². The second-order valence-corrected chi connectivity index (χ2v) is 5.09. The Labute approximate surface area is 126 Å². The first-order valence-corrected chi connectivity index (χ1v) is 6.83. The molecule has 21 heavy (non-hydrogen) atoms. The molecule has 3 N–H and O–H groups in total. The zero-order valence-corrected chi connectivity index (χ0v) is 11.8. The second-order valence-electron chi connectivity index (χ2n) is 4.68. The lowest BCUT2D eigenvalue weighted by molar-refractivity contribution is 0.600. The molecule has 0 saturated heterocycles. The van der Waals surface area contributed by atoms with Crippen LogP contribution in [0.2, 0.25) is 5.02 Å². The van der Waals surface area contributed by atoms with Gasteiger partial charge in [0.25, 0.3) is 0 Å². The van der Waals surface area contributed by atoms with Crippen molar-refractivity contribution in [2.75, 3.05) is 0 Å². The Hall–Kier alpha value is -2.01. The molecule has 3 rings (SSSR count). The minimum Gasteiger partial charge on any atom is -0.271 e. The summed E-state index contributed by atoms with van der Waals surface area (Å²) in [4.78, 5) is 4.40. The van der Waals surface area contributed by atoms with Crippen LogP contribution in [0.4, 0.5) is 4.39 Å². The summed E-state index contributed by atoms with van der Waals surface area (Å²) in [6.07, 6.45) is 1.70. The van der Waals surface area contributed by atoms with Gasteiger partial charge in [-0.15, -0.1) is 0 Å². The number of hydrazine groups is 1. The molecule has 1 aromatic heterocycles. The molecule has 0 saturated carbocycles. The highest BCUT2D eigenvalue weighted by Crippen LogP contribution is 2.31. The lowest BCUT2D eigenvalue weighted by atomic mass is 9.99. The van der Waals surface area contributed by atoms with Crippen molar-refractivity contribution in [3.63, 3.8) is 0 Å². The lowest BCUT2D eigenvalue weighted by Gasteiger charge is -2.19. The zero-order valence-electron chi connectivity index (χ0n) is 11.1. The molecule has 0 aliphatic rings. The van der Waals surface area contributed by atoms with Crippen molar-refractivity contribution in [3.05, 3.63) is 76.8 Å². The van der Waals surface area contributed by atoms with Gasteiger partial charge in [-0.1, -0.05) is 35.9 Å². The van der Waals surface area contributed by atoms with E-state index in [0.717, 1.165) is 10.8 Å². The Balaban J connectivity index is 2.21. The van der Waals surface area contributed by atoms with Crippen molar-refractivity contribution in [2.24, 2.45) is 5.84 Å². The molecule has 0 aliphatic heterocycles. The molecular weight excluding hydrogens is 289 g/mol. The number of pyridine rings is 1. The fourth-order valence-electron chi connectivity index (χ4n) is 2.42. The molecule has 1 atom stereocenters. The van der Waals surface area contributed by atoms with E-state index in [9.17, 15) is 4.39 Å². The molecule has 0 bridgehead atoms. The van der Waals surface area contributed by atoms with Crippen LogP contribution < -0.4 is 11.3 Å². The fourth-order valence-corrected chi connectivity index (χ4v) is 2.65. The van der Waals surface area contributed by atoms with Crippen LogP contribution in [0.5, 0.6) is 0 Å². The van der Waals surface area contributed by atoms with Crippen molar-refractivity contribution >= 4 is 22.4 Å². The first-order valence-electron chi connectivity index (χ1n) is 6.45. The average Bonchev–Trinajstić information content (AvgIpc) is 2.51. The van der Waals surface area contributed by atoms with E-state index in [1.165, 1.54) is 18.2 Å². The van der Waals surface area contributed by atoms with E-state index in [1.54, 1.807) is 6.20 Å². The minimum absolute atomic E-state index is 0.366. The largest absolute Gasteiger partial charge is 0.271 e. The maximum absolute atomic E-state index is 13.5. The topological polar surface area (TPSA) is 50.9 Å². The molecule has 3 nitrogen and oxygen atoms in total. The standard InChI is InChI=1S/C16H13ClFN3/c17-14-6-5-11(18)9-13(14)16(21-19)15-12-4-2-1-3-10(12)7-8-20-15/h1-9,16,21H,19H2. The van der Waals surface area contributed by atoms with Gasteiger partial charge >= 0.3 is 0 Å². The summed E-state index contributed by atoms with van der Waals surface area (Å²) in [6, 6.07) is 13.4. The summed E-state index contributed by atoms with van der Waals surface area (Å²) in [7, 11) is 0. The molecule has 1 heterocycles. The van der Waals surface area contributed by atoms with Crippen molar-refractivity contribution in [3.8, 4) is 0 Å². The summed E-state index contributed by atoms with van der Waals surface area (Å²) in [5.74, 6) is 5.31. The quantitative estimate of drug-likeness (QED) is 0.574. The van der Waals surface area contributed by atoms with Crippen LogP contribution >= 0.6 is 11.6 Å². The fraction of sp³-hybridized carbons (Fsp3) is 0.0625. The molecule has 5 heteroatoms. The summed E-state index contributed by atoms with van der Waals surface area (Å²) in [5.41, 5.74) is 3.95. The van der Waals surface area contributed by atoms with Crippen LogP contribution in [0.1, 0.15) is 17.3 Å². The molecule has 106 valence electrons. The van der Waals surface area contributed by atoms with Crippen molar-refractivity contribution in [2.45, 2.75) is 6.04 Å². The van der Waals surface area contributed by atoms with Crippen molar-refractivity contribution < 1.29 is 4.39 Å². The van der Waals surface area contributed by atoms with Gasteiger partial charge in [0.05, 0.1) is 11.7 Å². The summed E-state index contributed by atoms with van der Waals surface area (Å²) >= 11 is 6.18. The van der Waals surface area contributed by atoms with Gasteiger partial charge in [-0.3, -0.25) is 10.8 Å². The van der Waals surface area contributed by atoms with Crippen LogP contribution in [0.15, 0.2) is 54.7 Å². The number of hydrogen-bond acceptors (Lipinski definition) is 3. The summed E-state index contributed by atoms with van der Waals surface area (Å²) < 4.78 is 13.5. The highest BCUT2D eigenvalue weighted by Gasteiger charge is 2.19. The number of rotatable bonds is 3. The Morgan fingerprint density at radius 2 is 1.95 bits per heavy atom. The molecule has 0 amide bonds. The Kier molecular flexibility index (Phi) is 3.84. The number of nitrogens with one attached hydrogen (secondary N) is 1. The number of benzene rings is 2. The van der Waals surface area contributed by atoms with Gasteiger partial charge in [0.15, 0.2) is 0 Å². The molecule has 0 radical (unpaired) electrons. The Bertz CT molecular complexity index is 786. The maximum Gasteiger partial charge on any atom is 0.123 e. The average molecular weight is 302 g/mol. The minimum atomic E-state index is -0.487. The van der Waals surface area contributed by atoms with Crippen LogP contribution in [-0.2, 0) is 0 Å². The zero-order chi connectivity index (χ0) is 14.8. The first-order chi connectivity index (χ1) is 10.2. The van der Waals surface area contributed by atoms with Gasteiger partial charge in [0.2, 0.25) is 0 Å². The van der Waals surface area contributed by atoms with Gasteiger partial charge in [0.1, 0.15) is 5.82 Å². The van der Waals surface area contributed by atoms with Gasteiger partial charge in [0, 0.05) is 16.6 Å². The third-order valence-electron chi connectivity index (χ3n) is 3.41. The van der Waals surface area contributed by atoms with E-state index in [0.29, 0.717) is 16.3 Å². The number of nitrogens with zero attached hydrogens (tertiary/aromatic N) is 1. The molecule has 0 aliphatic carbocycles. The third-order valence-corrected chi connectivity index (χ3v) is 3.76. The molecule has 0 spiro atoms. The molecule has 1 unspecified atom stereocenters. The molecule has 0 fully saturated rings. The summed E-state index contributed by atoms with van der Waals surface area (Å²) in [5, 5.41) is 2.42. The first kappa shape index (κ1) is 13.9. The number of hydrogen-bond donors (Lipinski definition) is 2. The van der Waals surface area contributed by atoms with E-state index in [4.69, 9.17) is 17.4 Å².